The lowest BCUT2D eigenvalue weighted by atomic mass is 10.1. The van der Waals surface area contributed by atoms with E-state index >= 15 is 0 Å². The number of rotatable bonds is 7. The van der Waals surface area contributed by atoms with Crippen LogP contribution in [0.1, 0.15) is 34.0 Å². The second kappa shape index (κ2) is 10.1. The maximum Gasteiger partial charge on any atom is 0.254 e. The van der Waals surface area contributed by atoms with Crippen molar-refractivity contribution in [1.29, 1.82) is 0 Å². The van der Waals surface area contributed by atoms with Crippen LogP contribution in [0, 0.1) is 13.8 Å². The summed E-state index contributed by atoms with van der Waals surface area (Å²) in [5, 5.41) is 6.17. The van der Waals surface area contributed by atoms with E-state index in [1.165, 1.54) is 17.3 Å². The monoisotopic (exact) mass is 419 g/mol. The predicted octanol–water partition coefficient (Wildman–Crippen LogP) is 4.78. The molecule has 0 aliphatic rings. The molecular formula is C24H25N3O2S. The minimum absolute atomic E-state index is 0.112. The molecule has 2 amide bonds. The molecule has 0 aliphatic heterocycles. The Morgan fingerprint density at radius 2 is 1.83 bits per heavy atom. The Bertz CT molecular complexity index is 1070. The minimum Gasteiger partial charge on any atom is -0.343 e. The van der Waals surface area contributed by atoms with E-state index in [9.17, 15) is 9.59 Å². The van der Waals surface area contributed by atoms with Crippen molar-refractivity contribution >= 4 is 29.3 Å². The van der Waals surface area contributed by atoms with Gasteiger partial charge in [0.2, 0.25) is 5.91 Å². The normalized spacial score (nSPS) is 10.5. The Balaban J connectivity index is 1.66. The molecule has 0 bridgehead atoms. The summed E-state index contributed by atoms with van der Waals surface area (Å²) in [6.45, 7) is 6.01. The smallest absolute Gasteiger partial charge is 0.254 e. The summed E-state index contributed by atoms with van der Waals surface area (Å²) in [4.78, 5) is 30.5. The van der Waals surface area contributed by atoms with Crippen LogP contribution in [0.2, 0.25) is 0 Å². The molecule has 0 saturated carbocycles. The molecule has 0 saturated heterocycles. The first-order chi connectivity index (χ1) is 14.5. The van der Waals surface area contributed by atoms with Crippen molar-refractivity contribution in [3.05, 3.63) is 83.0 Å². The van der Waals surface area contributed by atoms with Crippen molar-refractivity contribution in [3.63, 3.8) is 0 Å². The average Bonchev–Trinajstić information content (AvgIpc) is 2.75. The molecular weight excluding hydrogens is 394 g/mol. The highest BCUT2D eigenvalue weighted by Gasteiger charge is 2.15. The lowest BCUT2D eigenvalue weighted by molar-refractivity contribution is -0.115. The van der Waals surface area contributed by atoms with Gasteiger partial charge in [-0.1, -0.05) is 54.6 Å². The van der Waals surface area contributed by atoms with Crippen LogP contribution in [0.15, 0.2) is 70.7 Å². The molecule has 1 aromatic heterocycles. The number of para-hydroxylation sites is 1. The van der Waals surface area contributed by atoms with Crippen LogP contribution in [0.3, 0.4) is 0 Å². The second-order valence-electron chi connectivity index (χ2n) is 6.97. The van der Waals surface area contributed by atoms with E-state index < -0.39 is 0 Å². The van der Waals surface area contributed by atoms with Gasteiger partial charge in [0.05, 0.1) is 12.1 Å². The van der Waals surface area contributed by atoms with Crippen LogP contribution >= 0.6 is 11.8 Å². The Morgan fingerprint density at radius 1 is 1.03 bits per heavy atom. The van der Waals surface area contributed by atoms with Crippen molar-refractivity contribution in [2.45, 2.75) is 37.1 Å². The molecule has 30 heavy (non-hydrogen) atoms. The molecule has 3 rings (SSSR count). The fourth-order valence-electron chi connectivity index (χ4n) is 3.06. The molecule has 2 N–H and O–H groups in total. The van der Waals surface area contributed by atoms with E-state index in [1.54, 1.807) is 18.3 Å². The topological polar surface area (TPSA) is 71.1 Å². The molecule has 0 fully saturated rings. The molecule has 3 aromatic rings. The first-order valence-corrected chi connectivity index (χ1v) is 10.7. The van der Waals surface area contributed by atoms with Gasteiger partial charge in [-0.15, -0.1) is 0 Å². The molecule has 0 spiro atoms. The number of hydrogen-bond donors (Lipinski definition) is 2. The number of hydrogen-bond acceptors (Lipinski definition) is 4. The first kappa shape index (κ1) is 21.6. The van der Waals surface area contributed by atoms with Gasteiger partial charge >= 0.3 is 0 Å². The van der Waals surface area contributed by atoms with Gasteiger partial charge in [0.15, 0.2) is 0 Å². The first-order valence-electron chi connectivity index (χ1n) is 9.84. The zero-order valence-corrected chi connectivity index (χ0v) is 18.2. The maximum absolute atomic E-state index is 12.7. The Morgan fingerprint density at radius 3 is 2.60 bits per heavy atom. The molecule has 6 heteroatoms. The van der Waals surface area contributed by atoms with Gasteiger partial charge in [-0.05, 0) is 55.7 Å². The van der Waals surface area contributed by atoms with E-state index in [-0.39, 0.29) is 18.4 Å². The number of nitrogens with zero attached hydrogens (tertiary/aromatic N) is 1. The van der Waals surface area contributed by atoms with Crippen LogP contribution in [-0.4, -0.2) is 23.3 Å². The molecule has 0 atom stereocenters. The number of benzene rings is 2. The Hall–Kier alpha value is -3.12. The number of carbonyl (C=O) groups excluding carboxylic acids is 2. The largest absolute Gasteiger partial charge is 0.343 e. The Labute approximate surface area is 181 Å². The number of nitrogens with one attached hydrogen (secondary N) is 2. The lowest BCUT2D eigenvalue weighted by Gasteiger charge is -2.12. The summed E-state index contributed by atoms with van der Waals surface area (Å²) in [5.41, 5.74) is 4.59. The van der Waals surface area contributed by atoms with E-state index in [2.05, 4.69) is 21.7 Å². The van der Waals surface area contributed by atoms with Crippen LogP contribution in [-0.2, 0) is 11.2 Å². The van der Waals surface area contributed by atoms with E-state index in [1.807, 2.05) is 57.2 Å². The molecule has 5 nitrogen and oxygen atoms in total. The summed E-state index contributed by atoms with van der Waals surface area (Å²) in [6, 6.07) is 17.3. The van der Waals surface area contributed by atoms with Crippen LogP contribution < -0.4 is 10.6 Å². The van der Waals surface area contributed by atoms with E-state index in [0.29, 0.717) is 10.6 Å². The summed E-state index contributed by atoms with van der Waals surface area (Å²) in [7, 11) is 0. The molecule has 154 valence electrons. The highest BCUT2D eigenvalue weighted by molar-refractivity contribution is 7.99. The zero-order chi connectivity index (χ0) is 21.5. The number of anilines is 1. The average molecular weight is 420 g/mol. The van der Waals surface area contributed by atoms with Gasteiger partial charge < -0.3 is 10.6 Å². The molecule has 2 aromatic carbocycles. The van der Waals surface area contributed by atoms with E-state index in [4.69, 9.17) is 0 Å². The minimum atomic E-state index is -0.325. The SMILES string of the molecule is CCc1ccccc1NC(=O)CNC(=O)c1cccnc1Sc1ccc(C)cc1C. The van der Waals surface area contributed by atoms with Gasteiger partial charge in [0.1, 0.15) is 5.03 Å². The van der Waals surface area contributed by atoms with Gasteiger partial charge in [-0.2, -0.15) is 0 Å². The van der Waals surface area contributed by atoms with Crippen LogP contribution in [0.4, 0.5) is 5.69 Å². The third-order valence-electron chi connectivity index (χ3n) is 4.63. The van der Waals surface area contributed by atoms with Gasteiger partial charge in [-0.25, -0.2) is 4.98 Å². The number of pyridine rings is 1. The third-order valence-corrected chi connectivity index (χ3v) is 5.83. The van der Waals surface area contributed by atoms with Gasteiger partial charge in [-0.3, -0.25) is 9.59 Å². The van der Waals surface area contributed by atoms with Crippen LogP contribution in [0.25, 0.3) is 0 Å². The van der Waals surface area contributed by atoms with Crippen molar-refractivity contribution in [3.8, 4) is 0 Å². The van der Waals surface area contributed by atoms with Crippen molar-refractivity contribution in [2.75, 3.05) is 11.9 Å². The summed E-state index contributed by atoms with van der Waals surface area (Å²) >= 11 is 1.45. The standard InChI is InChI=1S/C24H25N3O2S/c1-4-18-8-5-6-10-20(18)27-22(28)15-26-23(29)19-9-7-13-25-24(19)30-21-12-11-16(2)14-17(21)3/h5-14H,4,15H2,1-3H3,(H,26,29)(H,27,28). The maximum atomic E-state index is 12.7. The third kappa shape index (κ3) is 5.48. The predicted molar refractivity (Wildman–Crippen MR) is 121 cm³/mol. The quantitative estimate of drug-likeness (QED) is 0.578. The lowest BCUT2D eigenvalue weighted by Crippen LogP contribution is -2.33. The second-order valence-corrected chi connectivity index (χ2v) is 8.00. The molecule has 0 aliphatic carbocycles. The fraction of sp³-hybridized carbons (Fsp3) is 0.208. The highest BCUT2D eigenvalue weighted by atomic mass is 32.2. The summed E-state index contributed by atoms with van der Waals surface area (Å²) in [5.74, 6) is -0.592. The number of amides is 2. The summed E-state index contributed by atoms with van der Waals surface area (Å²) in [6.07, 6.45) is 2.48. The number of aromatic nitrogens is 1. The molecule has 1 heterocycles. The van der Waals surface area contributed by atoms with E-state index in [0.717, 1.165) is 28.1 Å². The zero-order valence-electron chi connectivity index (χ0n) is 17.4. The van der Waals surface area contributed by atoms with Crippen molar-refractivity contribution in [2.24, 2.45) is 0 Å². The highest BCUT2D eigenvalue weighted by Crippen LogP contribution is 2.31. The van der Waals surface area contributed by atoms with Crippen molar-refractivity contribution < 1.29 is 9.59 Å². The number of aryl methyl sites for hydroxylation is 3. The summed E-state index contributed by atoms with van der Waals surface area (Å²) < 4.78 is 0. The van der Waals surface area contributed by atoms with Crippen LogP contribution in [0.5, 0.6) is 0 Å². The van der Waals surface area contributed by atoms with Gasteiger partial charge in [0.25, 0.3) is 5.91 Å². The number of carbonyl (C=O) groups is 2. The van der Waals surface area contributed by atoms with Crippen molar-refractivity contribution in [1.82, 2.24) is 10.3 Å². The Kier molecular flexibility index (Phi) is 7.25. The fourth-order valence-corrected chi connectivity index (χ4v) is 4.01. The molecule has 0 radical (unpaired) electrons. The molecule has 0 unspecified atom stereocenters. The van der Waals surface area contributed by atoms with Gasteiger partial charge in [0, 0.05) is 16.8 Å².